The molecule has 30 heavy (non-hydrogen) atoms. The maximum Gasteiger partial charge on any atom is 0.269 e. The van der Waals surface area contributed by atoms with E-state index in [4.69, 9.17) is 0 Å². The first-order chi connectivity index (χ1) is 14.6. The third kappa shape index (κ3) is 4.19. The molecule has 2 amide bonds. The summed E-state index contributed by atoms with van der Waals surface area (Å²) < 4.78 is 3.55. The summed E-state index contributed by atoms with van der Waals surface area (Å²) >= 11 is 0. The second-order valence-corrected chi connectivity index (χ2v) is 6.75. The van der Waals surface area contributed by atoms with Gasteiger partial charge < -0.3 is 4.57 Å². The molecule has 2 N–H and O–H groups in total. The van der Waals surface area contributed by atoms with Gasteiger partial charge in [-0.2, -0.15) is 5.10 Å². The molecule has 9 nitrogen and oxygen atoms in total. The number of fused-ring (bicyclic) bond motifs is 1. The van der Waals surface area contributed by atoms with E-state index in [1.54, 1.807) is 23.1 Å². The van der Waals surface area contributed by atoms with Crippen molar-refractivity contribution in [2.24, 2.45) is 0 Å². The molecule has 0 aliphatic carbocycles. The highest BCUT2D eigenvalue weighted by Gasteiger charge is 2.13. The Morgan fingerprint density at radius 1 is 1.03 bits per heavy atom. The number of hydrazine groups is 1. The number of nitrogens with zero attached hydrogens (tertiary/aromatic N) is 5. The van der Waals surface area contributed by atoms with Gasteiger partial charge in [-0.15, -0.1) is 0 Å². The third-order valence-electron chi connectivity index (χ3n) is 4.69. The Labute approximate surface area is 172 Å². The number of amides is 2. The van der Waals surface area contributed by atoms with Crippen LogP contribution >= 0.6 is 0 Å². The van der Waals surface area contributed by atoms with Crippen molar-refractivity contribution < 1.29 is 9.59 Å². The lowest BCUT2D eigenvalue weighted by Gasteiger charge is -2.10. The fourth-order valence-corrected chi connectivity index (χ4v) is 3.22. The van der Waals surface area contributed by atoms with Gasteiger partial charge >= 0.3 is 0 Å². The zero-order valence-electron chi connectivity index (χ0n) is 16.4. The molecule has 0 saturated heterocycles. The van der Waals surface area contributed by atoms with Crippen LogP contribution in [-0.4, -0.2) is 36.1 Å². The molecule has 152 valence electrons. The zero-order valence-corrected chi connectivity index (χ0v) is 16.4. The lowest BCUT2D eigenvalue weighted by atomic mass is 10.1. The van der Waals surface area contributed by atoms with E-state index in [0.29, 0.717) is 18.5 Å². The second-order valence-electron chi connectivity index (χ2n) is 6.75. The van der Waals surface area contributed by atoms with Gasteiger partial charge in [0.25, 0.3) is 11.8 Å². The number of rotatable bonds is 6. The van der Waals surface area contributed by atoms with Gasteiger partial charge in [-0.05, 0) is 29.8 Å². The van der Waals surface area contributed by atoms with Crippen LogP contribution in [0.15, 0.2) is 61.2 Å². The molecule has 4 aromatic rings. The molecule has 2 aromatic carbocycles. The highest BCUT2D eigenvalue weighted by atomic mass is 16.2. The number of aryl methyl sites for hydroxylation is 1. The molecule has 0 aliphatic rings. The van der Waals surface area contributed by atoms with E-state index in [2.05, 4.69) is 25.9 Å². The Kier molecular flexibility index (Phi) is 5.51. The summed E-state index contributed by atoms with van der Waals surface area (Å²) in [6, 6.07) is 14.7. The van der Waals surface area contributed by atoms with Crippen LogP contribution in [0.4, 0.5) is 0 Å². The SMILES string of the molecule is CCc1nc2ccccc2n1CC(=O)NNC(=O)c1ccc(Cn2cncn2)cc1. The topological polar surface area (TPSA) is 107 Å². The average Bonchev–Trinajstić information content (AvgIpc) is 3.40. The Morgan fingerprint density at radius 2 is 1.83 bits per heavy atom. The molecule has 0 saturated carbocycles. The maximum atomic E-state index is 12.4. The first-order valence-electron chi connectivity index (χ1n) is 9.58. The largest absolute Gasteiger partial charge is 0.318 e. The van der Waals surface area contributed by atoms with Gasteiger partial charge in [0.1, 0.15) is 25.0 Å². The van der Waals surface area contributed by atoms with E-state index in [1.807, 2.05) is 47.9 Å². The van der Waals surface area contributed by atoms with Crippen LogP contribution in [-0.2, 0) is 24.3 Å². The number of nitrogens with one attached hydrogen (secondary N) is 2. The number of hydrogen-bond donors (Lipinski definition) is 2. The summed E-state index contributed by atoms with van der Waals surface area (Å²) in [7, 11) is 0. The van der Waals surface area contributed by atoms with Crippen LogP contribution in [0.25, 0.3) is 11.0 Å². The van der Waals surface area contributed by atoms with Gasteiger partial charge in [-0.25, -0.2) is 14.6 Å². The molecule has 9 heteroatoms. The molecule has 2 heterocycles. The Balaban J connectivity index is 1.35. The second kappa shape index (κ2) is 8.56. The average molecular weight is 403 g/mol. The number of para-hydroxylation sites is 2. The van der Waals surface area contributed by atoms with Gasteiger partial charge in [0.15, 0.2) is 0 Å². The predicted molar refractivity (Wildman–Crippen MR) is 110 cm³/mol. The number of hydrogen-bond acceptors (Lipinski definition) is 5. The van der Waals surface area contributed by atoms with Crippen LogP contribution in [0.2, 0.25) is 0 Å². The van der Waals surface area contributed by atoms with Crippen molar-refractivity contribution in [1.82, 2.24) is 35.2 Å². The predicted octanol–water partition coefficient (Wildman–Crippen LogP) is 1.70. The van der Waals surface area contributed by atoms with Crippen molar-refractivity contribution in [3.8, 4) is 0 Å². The standard InChI is InChI=1S/C21H21N7O2/c1-2-19-24-17-5-3-4-6-18(17)28(19)12-20(29)25-26-21(30)16-9-7-15(8-10-16)11-27-14-22-13-23-27/h3-10,13-14H,2,11-12H2,1H3,(H,25,29)(H,26,30). The van der Waals surface area contributed by atoms with Crippen LogP contribution in [0.3, 0.4) is 0 Å². The smallest absolute Gasteiger partial charge is 0.269 e. The molecule has 0 atom stereocenters. The highest BCUT2D eigenvalue weighted by molar-refractivity contribution is 5.95. The number of benzene rings is 2. The summed E-state index contributed by atoms with van der Waals surface area (Å²) in [4.78, 5) is 33.2. The van der Waals surface area contributed by atoms with Gasteiger partial charge in [-0.1, -0.05) is 31.2 Å². The minimum absolute atomic E-state index is 0.0702. The molecular weight excluding hydrogens is 382 g/mol. The molecule has 0 fully saturated rings. The highest BCUT2D eigenvalue weighted by Crippen LogP contribution is 2.16. The molecular formula is C21H21N7O2. The van der Waals surface area contributed by atoms with Crippen molar-refractivity contribution in [1.29, 1.82) is 0 Å². The van der Waals surface area contributed by atoms with E-state index in [-0.39, 0.29) is 18.4 Å². The van der Waals surface area contributed by atoms with E-state index in [1.165, 1.54) is 6.33 Å². The van der Waals surface area contributed by atoms with Crippen molar-refractivity contribution >= 4 is 22.8 Å². The minimum atomic E-state index is -0.387. The van der Waals surface area contributed by atoms with Gasteiger partial charge in [0.2, 0.25) is 0 Å². The van der Waals surface area contributed by atoms with Crippen LogP contribution < -0.4 is 10.9 Å². The zero-order chi connectivity index (χ0) is 20.9. The molecule has 2 aromatic heterocycles. The Hall–Kier alpha value is -4.01. The first-order valence-corrected chi connectivity index (χ1v) is 9.58. The van der Waals surface area contributed by atoms with Gasteiger partial charge in [-0.3, -0.25) is 20.4 Å². The van der Waals surface area contributed by atoms with Crippen LogP contribution in [0.5, 0.6) is 0 Å². The van der Waals surface area contributed by atoms with E-state index in [9.17, 15) is 9.59 Å². The maximum absolute atomic E-state index is 12.4. The van der Waals surface area contributed by atoms with Crippen LogP contribution in [0, 0.1) is 0 Å². The van der Waals surface area contributed by atoms with E-state index < -0.39 is 0 Å². The first kappa shape index (κ1) is 19.3. The van der Waals surface area contributed by atoms with E-state index in [0.717, 1.165) is 22.4 Å². The summed E-state index contributed by atoms with van der Waals surface area (Å²) in [5.41, 5.74) is 8.10. The summed E-state index contributed by atoms with van der Waals surface area (Å²) in [5.74, 6) is 0.103. The van der Waals surface area contributed by atoms with Crippen molar-refractivity contribution in [3.63, 3.8) is 0 Å². The molecule has 4 rings (SSSR count). The molecule has 0 aliphatic heterocycles. The summed E-state index contributed by atoms with van der Waals surface area (Å²) in [5, 5.41) is 4.05. The lowest BCUT2D eigenvalue weighted by Crippen LogP contribution is -2.43. The van der Waals surface area contributed by atoms with Crippen molar-refractivity contribution in [2.45, 2.75) is 26.4 Å². The quantitative estimate of drug-likeness (QED) is 0.477. The summed E-state index contributed by atoms with van der Waals surface area (Å²) in [6.45, 7) is 2.63. The van der Waals surface area contributed by atoms with Crippen molar-refractivity contribution in [2.75, 3.05) is 0 Å². The molecule has 0 spiro atoms. The van der Waals surface area contributed by atoms with E-state index >= 15 is 0 Å². The molecule has 0 unspecified atom stereocenters. The number of imidazole rings is 1. The molecule has 0 bridgehead atoms. The normalized spacial score (nSPS) is 10.8. The fraction of sp³-hybridized carbons (Fsp3) is 0.190. The van der Waals surface area contributed by atoms with Crippen LogP contribution in [0.1, 0.15) is 28.7 Å². The van der Waals surface area contributed by atoms with Crippen molar-refractivity contribution in [3.05, 3.63) is 78.1 Å². The van der Waals surface area contributed by atoms with Gasteiger partial charge in [0.05, 0.1) is 17.6 Å². The fourth-order valence-electron chi connectivity index (χ4n) is 3.22. The minimum Gasteiger partial charge on any atom is -0.318 e. The Bertz CT molecular complexity index is 1160. The monoisotopic (exact) mass is 403 g/mol. The molecule has 0 radical (unpaired) electrons. The summed E-state index contributed by atoms with van der Waals surface area (Å²) in [6.07, 6.45) is 3.80. The lowest BCUT2D eigenvalue weighted by molar-refractivity contribution is -0.122. The Morgan fingerprint density at radius 3 is 2.57 bits per heavy atom. The van der Waals surface area contributed by atoms with Gasteiger partial charge in [0, 0.05) is 12.0 Å². The number of carbonyl (C=O) groups excluding carboxylic acids is 2. The number of carbonyl (C=O) groups is 2. The number of aromatic nitrogens is 5. The third-order valence-corrected chi connectivity index (χ3v) is 4.69.